The van der Waals surface area contributed by atoms with E-state index in [0.717, 1.165) is 18.6 Å². The molecule has 0 aliphatic carbocycles. The molecule has 1 unspecified atom stereocenters. The average Bonchev–Trinajstić information content (AvgIpc) is 2.28. The molecule has 1 atom stereocenters. The molecule has 0 amide bonds. The molecule has 17 heavy (non-hydrogen) atoms. The fourth-order valence-corrected chi connectivity index (χ4v) is 2.32. The fraction of sp³-hybridized carbons (Fsp3) is 0.538. The largest absolute Gasteiger partial charge is 0.327 e. The van der Waals surface area contributed by atoms with Crippen molar-refractivity contribution in [2.45, 2.75) is 44.0 Å². The highest BCUT2D eigenvalue weighted by Gasteiger charge is 2.12. The van der Waals surface area contributed by atoms with Gasteiger partial charge in [-0.3, -0.25) is 0 Å². The molecule has 1 nitrogen and oxygen atoms in total. The zero-order valence-electron chi connectivity index (χ0n) is 10.3. The minimum Gasteiger partial charge on any atom is -0.327 e. The maximum absolute atomic E-state index is 13.7. The van der Waals surface area contributed by atoms with Crippen molar-refractivity contribution in [3.63, 3.8) is 0 Å². The molecule has 0 saturated heterocycles. The van der Waals surface area contributed by atoms with Crippen molar-refractivity contribution in [3.05, 3.63) is 29.3 Å². The van der Waals surface area contributed by atoms with Crippen molar-refractivity contribution in [2.75, 3.05) is 5.75 Å². The van der Waals surface area contributed by atoms with Gasteiger partial charge in [0, 0.05) is 6.04 Å². The number of hydrogen-bond donors (Lipinski definition) is 1. The molecule has 1 rings (SSSR count). The number of hydrogen-bond acceptors (Lipinski definition) is 2. The third kappa shape index (κ3) is 4.28. The number of halogens is 2. The molecule has 96 valence electrons. The summed E-state index contributed by atoms with van der Waals surface area (Å²) in [4.78, 5) is 0.126. The topological polar surface area (TPSA) is 26.0 Å². The van der Waals surface area contributed by atoms with Gasteiger partial charge in [0.15, 0.2) is 0 Å². The summed E-state index contributed by atoms with van der Waals surface area (Å²) in [5, 5.41) is 0. The molecule has 0 aromatic heterocycles. The Bertz CT molecular complexity index is 345. The Morgan fingerprint density at radius 1 is 1.24 bits per heavy atom. The van der Waals surface area contributed by atoms with Crippen LogP contribution in [0.5, 0.6) is 0 Å². The highest BCUT2D eigenvalue weighted by molar-refractivity contribution is 7.99. The maximum Gasteiger partial charge on any atom is 0.140 e. The van der Waals surface area contributed by atoms with Crippen LogP contribution >= 0.6 is 11.8 Å². The molecule has 4 heteroatoms. The van der Waals surface area contributed by atoms with Crippen LogP contribution in [0.2, 0.25) is 0 Å². The van der Waals surface area contributed by atoms with Crippen molar-refractivity contribution in [2.24, 2.45) is 5.73 Å². The van der Waals surface area contributed by atoms with Crippen LogP contribution in [-0.4, -0.2) is 11.8 Å². The lowest BCUT2D eigenvalue weighted by Gasteiger charge is -2.11. The van der Waals surface area contributed by atoms with Gasteiger partial charge < -0.3 is 5.73 Å². The summed E-state index contributed by atoms with van der Waals surface area (Å²) in [6.07, 6.45) is 2.21. The van der Waals surface area contributed by atoms with E-state index in [4.69, 9.17) is 5.73 Å². The van der Waals surface area contributed by atoms with Crippen LogP contribution in [0.4, 0.5) is 8.78 Å². The van der Waals surface area contributed by atoms with Gasteiger partial charge >= 0.3 is 0 Å². The first-order chi connectivity index (χ1) is 8.08. The van der Waals surface area contributed by atoms with Gasteiger partial charge in [-0.05, 0) is 42.7 Å². The Labute approximate surface area is 106 Å². The smallest absolute Gasteiger partial charge is 0.140 e. The Morgan fingerprint density at radius 3 is 2.29 bits per heavy atom. The third-order valence-electron chi connectivity index (χ3n) is 2.53. The minimum absolute atomic E-state index is 0.0389. The standard InChI is InChI=1S/C13H19F2NS/c1-3-5-17-13-11(14)7-9(8-12(13)15)6-10(16)4-2/h7-8,10H,3-6,16H2,1-2H3. The van der Waals surface area contributed by atoms with Gasteiger partial charge in [0.1, 0.15) is 11.6 Å². The van der Waals surface area contributed by atoms with Crippen molar-refractivity contribution < 1.29 is 8.78 Å². The summed E-state index contributed by atoms with van der Waals surface area (Å²) in [6, 6.07) is 2.76. The zero-order chi connectivity index (χ0) is 12.8. The van der Waals surface area contributed by atoms with Gasteiger partial charge in [-0.2, -0.15) is 0 Å². The molecule has 0 fully saturated rings. The molecular formula is C13H19F2NS. The van der Waals surface area contributed by atoms with E-state index in [1.165, 1.54) is 23.9 Å². The monoisotopic (exact) mass is 259 g/mol. The van der Waals surface area contributed by atoms with E-state index in [-0.39, 0.29) is 10.9 Å². The lowest BCUT2D eigenvalue weighted by molar-refractivity contribution is 0.533. The summed E-state index contributed by atoms with van der Waals surface area (Å²) in [5.74, 6) is -0.217. The summed E-state index contributed by atoms with van der Waals surface area (Å²) in [6.45, 7) is 3.94. The Balaban J connectivity index is 2.85. The highest BCUT2D eigenvalue weighted by atomic mass is 32.2. The van der Waals surface area contributed by atoms with Gasteiger partial charge in [-0.15, -0.1) is 11.8 Å². The third-order valence-corrected chi connectivity index (χ3v) is 3.82. The van der Waals surface area contributed by atoms with E-state index < -0.39 is 11.6 Å². The van der Waals surface area contributed by atoms with E-state index in [0.29, 0.717) is 12.0 Å². The molecule has 1 aromatic carbocycles. The lowest BCUT2D eigenvalue weighted by atomic mass is 10.0. The molecule has 0 radical (unpaired) electrons. The predicted molar refractivity (Wildman–Crippen MR) is 69.3 cm³/mol. The van der Waals surface area contributed by atoms with E-state index in [9.17, 15) is 8.78 Å². The Morgan fingerprint density at radius 2 is 1.82 bits per heavy atom. The molecule has 0 aliphatic heterocycles. The first-order valence-corrected chi connectivity index (χ1v) is 6.93. The van der Waals surface area contributed by atoms with Crippen LogP contribution in [0.15, 0.2) is 17.0 Å². The van der Waals surface area contributed by atoms with Crippen LogP contribution in [0, 0.1) is 11.6 Å². The van der Waals surface area contributed by atoms with Crippen molar-refractivity contribution >= 4 is 11.8 Å². The summed E-state index contributed by atoms with van der Waals surface area (Å²) in [5.41, 5.74) is 6.41. The minimum atomic E-state index is -0.471. The first-order valence-electron chi connectivity index (χ1n) is 5.94. The number of thioether (sulfide) groups is 1. The fourth-order valence-electron chi connectivity index (χ4n) is 1.52. The van der Waals surface area contributed by atoms with E-state index in [1.807, 2.05) is 13.8 Å². The SMILES string of the molecule is CCCSc1c(F)cc(CC(N)CC)cc1F. The maximum atomic E-state index is 13.7. The molecule has 0 heterocycles. The molecule has 0 spiro atoms. The summed E-state index contributed by atoms with van der Waals surface area (Å²) in [7, 11) is 0. The van der Waals surface area contributed by atoms with Crippen LogP contribution in [-0.2, 0) is 6.42 Å². The second-order valence-corrected chi connectivity index (χ2v) is 5.21. The number of rotatable bonds is 6. The normalized spacial score (nSPS) is 12.8. The second-order valence-electron chi connectivity index (χ2n) is 4.11. The number of benzene rings is 1. The van der Waals surface area contributed by atoms with Crippen molar-refractivity contribution in [3.8, 4) is 0 Å². The van der Waals surface area contributed by atoms with Crippen molar-refractivity contribution in [1.82, 2.24) is 0 Å². The Hall–Kier alpha value is -0.610. The van der Waals surface area contributed by atoms with Crippen LogP contribution in [0.1, 0.15) is 32.3 Å². The second kappa shape index (κ2) is 6.97. The van der Waals surface area contributed by atoms with Crippen LogP contribution < -0.4 is 5.73 Å². The van der Waals surface area contributed by atoms with E-state index >= 15 is 0 Å². The lowest BCUT2D eigenvalue weighted by Crippen LogP contribution is -2.21. The average molecular weight is 259 g/mol. The Kier molecular flexibility index (Phi) is 5.92. The van der Waals surface area contributed by atoms with Gasteiger partial charge in [-0.25, -0.2) is 8.78 Å². The molecule has 0 bridgehead atoms. The molecule has 1 aromatic rings. The van der Waals surface area contributed by atoms with Gasteiger partial charge in [0.25, 0.3) is 0 Å². The van der Waals surface area contributed by atoms with Gasteiger partial charge in [0.05, 0.1) is 4.90 Å². The number of nitrogens with two attached hydrogens (primary N) is 1. The van der Waals surface area contributed by atoms with Crippen LogP contribution in [0.3, 0.4) is 0 Å². The molecule has 2 N–H and O–H groups in total. The summed E-state index contributed by atoms with van der Waals surface area (Å²) >= 11 is 1.23. The quantitative estimate of drug-likeness (QED) is 0.787. The van der Waals surface area contributed by atoms with Crippen LogP contribution in [0.25, 0.3) is 0 Å². The zero-order valence-corrected chi connectivity index (χ0v) is 11.1. The predicted octanol–water partition coefficient (Wildman–Crippen LogP) is 3.75. The van der Waals surface area contributed by atoms with Gasteiger partial charge in [-0.1, -0.05) is 13.8 Å². The molecule has 0 aliphatic rings. The van der Waals surface area contributed by atoms with Crippen molar-refractivity contribution in [1.29, 1.82) is 0 Å². The summed E-state index contributed by atoms with van der Waals surface area (Å²) < 4.78 is 27.4. The first kappa shape index (κ1) is 14.5. The molecule has 0 saturated carbocycles. The van der Waals surface area contributed by atoms with E-state index in [2.05, 4.69) is 0 Å². The van der Waals surface area contributed by atoms with E-state index in [1.54, 1.807) is 0 Å². The molecular weight excluding hydrogens is 240 g/mol. The van der Waals surface area contributed by atoms with Gasteiger partial charge in [0.2, 0.25) is 0 Å². The highest BCUT2D eigenvalue weighted by Crippen LogP contribution is 2.27.